The number of halogens is 3. The zero-order valence-corrected chi connectivity index (χ0v) is 15.6. The zero-order chi connectivity index (χ0) is 17.9. The van der Waals surface area contributed by atoms with Crippen molar-refractivity contribution >= 4 is 52.5 Å². The minimum Gasteiger partial charge on any atom is -0.298 e. The Bertz CT molecular complexity index is 818. The molecule has 1 aromatic carbocycles. The lowest BCUT2D eigenvalue weighted by molar-refractivity contribution is 0.486. The number of anilines is 1. The second-order valence-corrected chi connectivity index (χ2v) is 6.95. The fourth-order valence-corrected chi connectivity index (χ4v) is 2.52. The molecule has 0 spiro atoms. The molecule has 2 rings (SSSR count). The van der Waals surface area contributed by atoms with Gasteiger partial charge in [0.2, 0.25) is 0 Å². The highest BCUT2D eigenvalue weighted by Gasteiger charge is 2.16. The molecule has 1 N–H and O–H groups in total. The average Bonchev–Trinajstić information content (AvgIpc) is 2.52. The SMILES string of the molecule is C[N+](C)(C)c1ccc(C=NNc2nc(Cl)c(C#N)c(Cl)c2Cl)cc1. The third kappa shape index (κ3) is 4.16. The van der Waals surface area contributed by atoms with Crippen molar-refractivity contribution in [2.45, 2.75) is 0 Å². The minimum absolute atomic E-state index is 0.0306. The van der Waals surface area contributed by atoms with Gasteiger partial charge in [-0.1, -0.05) is 34.8 Å². The van der Waals surface area contributed by atoms with Crippen molar-refractivity contribution in [3.05, 3.63) is 50.6 Å². The maximum atomic E-state index is 8.95. The number of hydrazone groups is 1. The van der Waals surface area contributed by atoms with E-state index >= 15 is 0 Å². The van der Waals surface area contributed by atoms with Gasteiger partial charge in [0.1, 0.15) is 22.3 Å². The molecule has 0 atom stereocenters. The third-order valence-corrected chi connectivity index (χ3v) is 4.32. The van der Waals surface area contributed by atoms with Crippen LogP contribution in [0, 0.1) is 11.3 Å². The Kier molecular flexibility index (Phi) is 5.68. The first-order valence-electron chi connectivity index (χ1n) is 6.89. The monoisotopic (exact) mass is 382 g/mol. The lowest BCUT2D eigenvalue weighted by Gasteiger charge is -2.23. The van der Waals surface area contributed by atoms with Crippen LogP contribution in [-0.4, -0.2) is 32.3 Å². The number of nitrogens with one attached hydrogen (secondary N) is 1. The number of aromatic nitrogens is 1. The Labute approximate surface area is 155 Å². The van der Waals surface area contributed by atoms with Gasteiger partial charge >= 0.3 is 0 Å². The highest BCUT2D eigenvalue weighted by molar-refractivity contribution is 6.45. The molecule has 24 heavy (non-hydrogen) atoms. The topological polar surface area (TPSA) is 61.1 Å². The summed E-state index contributed by atoms with van der Waals surface area (Å²) in [6, 6.07) is 9.82. The molecule has 5 nitrogen and oxygen atoms in total. The van der Waals surface area contributed by atoms with E-state index in [-0.39, 0.29) is 26.6 Å². The van der Waals surface area contributed by atoms with Crippen LogP contribution in [0.5, 0.6) is 0 Å². The van der Waals surface area contributed by atoms with Crippen molar-refractivity contribution in [1.29, 1.82) is 5.26 Å². The van der Waals surface area contributed by atoms with E-state index in [0.29, 0.717) is 0 Å². The molecule has 1 heterocycles. The lowest BCUT2D eigenvalue weighted by atomic mass is 10.2. The van der Waals surface area contributed by atoms with Crippen molar-refractivity contribution in [3.8, 4) is 6.07 Å². The Morgan fingerprint density at radius 3 is 2.29 bits per heavy atom. The molecule has 0 amide bonds. The van der Waals surface area contributed by atoms with Gasteiger partial charge in [0.15, 0.2) is 11.0 Å². The molecule has 0 aliphatic carbocycles. The molecule has 0 aliphatic rings. The van der Waals surface area contributed by atoms with Gasteiger partial charge in [0, 0.05) is 0 Å². The number of hydrogen-bond donors (Lipinski definition) is 1. The number of nitrogens with zero attached hydrogens (tertiary/aromatic N) is 4. The summed E-state index contributed by atoms with van der Waals surface area (Å²) in [5, 5.41) is 13.1. The molecule has 0 aliphatic heterocycles. The number of nitriles is 1. The van der Waals surface area contributed by atoms with Gasteiger partial charge in [-0.2, -0.15) is 10.4 Å². The fourth-order valence-electron chi connectivity index (χ4n) is 1.85. The first kappa shape index (κ1) is 18.5. The van der Waals surface area contributed by atoms with Crippen molar-refractivity contribution in [3.63, 3.8) is 0 Å². The largest absolute Gasteiger partial charge is 0.298 e. The van der Waals surface area contributed by atoms with E-state index in [9.17, 15) is 0 Å². The van der Waals surface area contributed by atoms with Crippen LogP contribution < -0.4 is 9.91 Å². The van der Waals surface area contributed by atoms with Gasteiger partial charge in [-0.05, 0) is 29.8 Å². The molecule has 0 fully saturated rings. The van der Waals surface area contributed by atoms with Gasteiger partial charge in [0.05, 0.1) is 32.4 Å². The summed E-state index contributed by atoms with van der Waals surface area (Å²) in [6.07, 6.45) is 1.62. The molecule has 0 radical (unpaired) electrons. The summed E-state index contributed by atoms with van der Waals surface area (Å²) in [5.41, 5.74) is 4.80. The standard InChI is InChI=1S/C16H15Cl3N5/c1-24(2,3)11-6-4-10(5-7-11)9-21-23-16-14(18)13(17)12(8-20)15(19)22-16/h4-7,9H,1-3H3,(H,22,23)/q+1. The summed E-state index contributed by atoms with van der Waals surface area (Å²) in [5.74, 6) is 0.185. The van der Waals surface area contributed by atoms with E-state index in [1.165, 1.54) is 5.69 Å². The highest BCUT2D eigenvalue weighted by atomic mass is 35.5. The van der Waals surface area contributed by atoms with Crippen LogP contribution in [0.2, 0.25) is 15.2 Å². The molecular weight excluding hydrogens is 369 g/mol. The second-order valence-electron chi connectivity index (χ2n) is 5.84. The zero-order valence-electron chi connectivity index (χ0n) is 13.3. The molecule has 0 bridgehead atoms. The highest BCUT2D eigenvalue weighted by Crippen LogP contribution is 2.34. The predicted molar refractivity (Wildman–Crippen MR) is 101 cm³/mol. The maximum absolute atomic E-state index is 8.95. The number of benzene rings is 1. The number of pyridine rings is 1. The van der Waals surface area contributed by atoms with Crippen LogP contribution in [0.15, 0.2) is 29.4 Å². The Hall–Kier alpha value is -1.84. The van der Waals surface area contributed by atoms with Gasteiger partial charge in [0.25, 0.3) is 0 Å². The van der Waals surface area contributed by atoms with Crippen molar-refractivity contribution < 1.29 is 0 Å². The van der Waals surface area contributed by atoms with Crippen LogP contribution in [0.4, 0.5) is 11.5 Å². The molecular formula is C16H15Cl3N5+. The van der Waals surface area contributed by atoms with E-state index in [0.717, 1.165) is 10.0 Å². The normalized spacial score (nSPS) is 11.5. The van der Waals surface area contributed by atoms with Crippen LogP contribution in [0.3, 0.4) is 0 Å². The maximum Gasteiger partial charge on any atom is 0.168 e. The third-order valence-electron chi connectivity index (χ3n) is 3.20. The van der Waals surface area contributed by atoms with E-state index in [2.05, 4.69) is 36.7 Å². The van der Waals surface area contributed by atoms with Gasteiger partial charge < -0.3 is 0 Å². The summed E-state index contributed by atoms with van der Waals surface area (Å²) in [7, 11) is 6.28. The lowest BCUT2D eigenvalue weighted by Crippen LogP contribution is -2.34. The molecule has 0 saturated heterocycles. The smallest absolute Gasteiger partial charge is 0.168 e. The van der Waals surface area contributed by atoms with Gasteiger partial charge in [-0.15, -0.1) is 0 Å². The molecule has 0 unspecified atom stereocenters. The summed E-state index contributed by atoms with van der Waals surface area (Å²) in [6.45, 7) is 0. The molecule has 2 aromatic rings. The molecule has 0 saturated carbocycles. The summed E-state index contributed by atoms with van der Waals surface area (Å²) < 4.78 is 0.734. The van der Waals surface area contributed by atoms with Crippen LogP contribution in [0.1, 0.15) is 11.1 Å². The van der Waals surface area contributed by atoms with E-state index in [4.69, 9.17) is 40.1 Å². The fraction of sp³-hybridized carbons (Fsp3) is 0.188. The van der Waals surface area contributed by atoms with Crippen molar-refractivity contribution in [2.75, 3.05) is 26.6 Å². The Morgan fingerprint density at radius 2 is 1.75 bits per heavy atom. The Balaban J connectivity index is 2.17. The number of rotatable bonds is 4. The van der Waals surface area contributed by atoms with E-state index in [1.54, 1.807) is 6.21 Å². The van der Waals surface area contributed by atoms with Crippen LogP contribution >= 0.6 is 34.8 Å². The summed E-state index contributed by atoms with van der Waals surface area (Å²) in [4.78, 5) is 3.98. The quantitative estimate of drug-likeness (QED) is 0.364. The second kappa shape index (κ2) is 7.37. The number of quaternary nitrogens is 1. The van der Waals surface area contributed by atoms with Crippen LogP contribution in [0.25, 0.3) is 0 Å². The van der Waals surface area contributed by atoms with Gasteiger partial charge in [-0.25, -0.2) is 4.98 Å². The Morgan fingerprint density at radius 1 is 1.12 bits per heavy atom. The molecule has 1 aromatic heterocycles. The van der Waals surface area contributed by atoms with Crippen molar-refractivity contribution in [1.82, 2.24) is 9.47 Å². The predicted octanol–water partition coefficient (Wildman–Crippen LogP) is 4.56. The first-order valence-corrected chi connectivity index (χ1v) is 8.03. The average molecular weight is 384 g/mol. The van der Waals surface area contributed by atoms with Crippen LogP contribution in [-0.2, 0) is 0 Å². The number of hydrogen-bond acceptors (Lipinski definition) is 4. The van der Waals surface area contributed by atoms with Crippen molar-refractivity contribution in [2.24, 2.45) is 5.10 Å². The van der Waals surface area contributed by atoms with Gasteiger partial charge in [-0.3, -0.25) is 9.91 Å². The van der Waals surface area contributed by atoms with E-state index in [1.807, 2.05) is 30.3 Å². The molecule has 124 valence electrons. The minimum atomic E-state index is -0.0306. The summed E-state index contributed by atoms with van der Waals surface area (Å²) >= 11 is 17.9. The van der Waals surface area contributed by atoms with E-state index < -0.39 is 0 Å². The first-order chi connectivity index (χ1) is 11.2. The molecule has 8 heteroatoms.